The lowest BCUT2D eigenvalue weighted by Gasteiger charge is -2.42. The molecule has 0 aliphatic carbocycles. The maximum absolute atomic E-state index is 10.6. The molecule has 2 rings (SSSR count). The Bertz CT molecular complexity index is 488. The predicted octanol–water partition coefficient (Wildman–Crippen LogP) is 2.39. The van der Waals surface area contributed by atoms with Crippen molar-refractivity contribution >= 4 is 5.69 Å². The summed E-state index contributed by atoms with van der Waals surface area (Å²) in [5.74, 6) is 0.680. The molecule has 0 saturated carbocycles. The molecule has 0 N–H and O–H groups in total. The molecule has 1 aliphatic rings. The van der Waals surface area contributed by atoms with Gasteiger partial charge in [0.15, 0.2) is 0 Å². The molecule has 0 bridgehead atoms. The second kappa shape index (κ2) is 7.07. The molecule has 0 spiro atoms. The molecule has 122 valence electrons. The van der Waals surface area contributed by atoms with Gasteiger partial charge in [0.05, 0.1) is 4.92 Å². The Morgan fingerprint density at radius 2 is 1.73 bits per heavy atom. The van der Waals surface area contributed by atoms with E-state index < -0.39 is 4.92 Å². The van der Waals surface area contributed by atoms with E-state index in [1.165, 1.54) is 12.1 Å². The van der Waals surface area contributed by atoms with E-state index in [-0.39, 0.29) is 11.2 Å². The van der Waals surface area contributed by atoms with Gasteiger partial charge in [-0.25, -0.2) is 0 Å². The zero-order valence-corrected chi connectivity index (χ0v) is 13.6. The van der Waals surface area contributed by atoms with Gasteiger partial charge in [-0.05, 0) is 32.9 Å². The molecule has 1 aliphatic heterocycles. The van der Waals surface area contributed by atoms with E-state index in [2.05, 4.69) is 30.6 Å². The molecule has 1 aromatic carbocycles. The molecule has 1 saturated heterocycles. The Morgan fingerprint density at radius 3 is 2.23 bits per heavy atom. The average Bonchev–Trinajstić information content (AvgIpc) is 2.47. The Balaban J connectivity index is 1.70. The van der Waals surface area contributed by atoms with Gasteiger partial charge in [-0.15, -0.1) is 0 Å². The van der Waals surface area contributed by atoms with Crippen molar-refractivity contribution in [1.82, 2.24) is 9.80 Å². The number of benzene rings is 1. The van der Waals surface area contributed by atoms with E-state index in [0.717, 1.165) is 32.7 Å². The Hall–Kier alpha value is -1.66. The molecular formula is C16H25N3O3. The molecule has 1 fully saturated rings. The van der Waals surface area contributed by atoms with Gasteiger partial charge in [0.2, 0.25) is 0 Å². The summed E-state index contributed by atoms with van der Waals surface area (Å²) in [5, 5.41) is 10.6. The number of nitro groups is 1. The number of rotatable bonds is 5. The van der Waals surface area contributed by atoms with Crippen LogP contribution in [0.1, 0.15) is 20.8 Å². The Kier molecular flexibility index (Phi) is 5.37. The summed E-state index contributed by atoms with van der Waals surface area (Å²) >= 11 is 0. The van der Waals surface area contributed by atoms with E-state index in [4.69, 9.17) is 4.74 Å². The lowest BCUT2D eigenvalue weighted by molar-refractivity contribution is -0.384. The van der Waals surface area contributed by atoms with E-state index in [1.54, 1.807) is 12.1 Å². The summed E-state index contributed by atoms with van der Waals surface area (Å²) < 4.78 is 5.66. The fraction of sp³-hybridized carbons (Fsp3) is 0.625. The van der Waals surface area contributed by atoms with Gasteiger partial charge in [0.25, 0.3) is 5.69 Å². The van der Waals surface area contributed by atoms with Crippen LogP contribution in [0.2, 0.25) is 0 Å². The van der Waals surface area contributed by atoms with Gasteiger partial charge >= 0.3 is 0 Å². The van der Waals surface area contributed by atoms with Gasteiger partial charge in [-0.3, -0.25) is 19.9 Å². The van der Waals surface area contributed by atoms with Crippen LogP contribution in [0.5, 0.6) is 5.75 Å². The first-order chi connectivity index (χ1) is 10.4. The maximum Gasteiger partial charge on any atom is 0.269 e. The van der Waals surface area contributed by atoms with Crippen LogP contribution in [0.25, 0.3) is 0 Å². The van der Waals surface area contributed by atoms with Crippen LogP contribution in [-0.2, 0) is 0 Å². The summed E-state index contributed by atoms with van der Waals surface area (Å²) in [6.45, 7) is 12.5. The van der Waals surface area contributed by atoms with Crippen molar-refractivity contribution in [3.8, 4) is 5.75 Å². The van der Waals surface area contributed by atoms with Crippen molar-refractivity contribution in [2.45, 2.75) is 26.3 Å². The van der Waals surface area contributed by atoms with Crippen molar-refractivity contribution in [2.24, 2.45) is 0 Å². The summed E-state index contributed by atoms with van der Waals surface area (Å²) in [6.07, 6.45) is 0. The van der Waals surface area contributed by atoms with Crippen LogP contribution < -0.4 is 4.74 Å². The monoisotopic (exact) mass is 307 g/mol. The summed E-state index contributed by atoms with van der Waals surface area (Å²) in [7, 11) is 0. The fourth-order valence-electron chi connectivity index (χ4n) is 2.60. The molecule has 22 heavy (non-hydrogen) atoms. The third-order valence-corrected chi connectivity index (χ3v) is 4.04. The van der Waals surface area contributed by atoms with Crippen LogP contribution in [0.15, 0.2) is 24.3 Å². The first-order valence-electron chi connectivity index (χ1n) is 7.71. The number of non-ortho nitro benzene ring substituents is 1. The predicted molar refractivity (Wildman–Crippen MR) is 86.4 cm³/mol. The number of ether oxygens (including phenoxy) is 1. The van der Waals surface area contributed by atoms with Crippen LogP contribution in [0.3, 0.4) is 0 Å². The topological polar surface area (TPSA) is 58.8 Å². The molecule has 0 radical (unpaired) electrons. The quantitative estimate of drug-likeness (QED) is 0.617. The largest absolute Gasteiger partial charge is 0.492 e. The summed E-state index contributed by atoms with van der Waals surface area (Å²) in [4.78, 5) is 15.1. The minimum atomic E-state index is -0.404. The van der Waals surface area contributed by atoms with Gasteiger partial charge in [0.1, 0.15) is 12.4 Å². The lowest BCUT2D eigenvalue weighted by Crippen LogP contribution is -2.53. The van der Waals surface area contributed by atoms with Crippen molar-refractivity contribution in [3.05, 3.63) is 34.4 Å². The minimum absolute atomic E-state index is 0.0886. The van der Waals surface area contributed by atoms with Crippen molar-refractivity contribution in [1.29, 1.82) is 0 Å². The molecule has 1 aromatic rings. The van der Waals surface area contributed by atoms with Crippen LogP contribution in [-0.4, -0.2) is 59.6 Å². The van der Waals surface area contributed by atoms with Crippen LogP contribution in [0.4, 0.5) is 5.69 Å². The number of nitrogens with zero attached hydrogens (tertiary/aromatic N) is 3. The van der Waals surface area contributed by atoms with Crippen molar-refractivity contribution < 1.29 is 9.66 Å². The summed E-state index contributed by atoms with van der Waals surface area (Å²) in [5.41, 5.74) is 0.326. The van der Waals surface area contributed by atoms with Crippen molar-refractivity contribution in [3.63, 3.8) is 0 Å². The van der Waals surface area contributed by atoms with Gasteiger partial charge in [0, 0.05) is 50.4 Å². The number of hydrogen-bond donors (Lipinski definition) is 0. The van der Waals surface area contributed by atoms with Crippen LogP contribution in [0, 0.1) is 10.1 Å². The smallest absolute Gasteiger partial charge is 0.269 e. The Labute approximate surface area is 131 Å². The molecule has 6 nitrogen and oxygen atoms in total. The molecule has 0 amide bonds. The fourth-order valence-corrected chi connectivity index (χ4v) is 2.60. The zero-order chi connectivity index (χ0) is 16.2. The van der Waals surface area contributed by atoms with Gasteiger partial charge in [-0.2, -0.15) is 0 Å². The standard InChI is InChI=1S/C16H25N3O3/c1-16(2,3)18-10-8-17(9-11-18)12-13-22-15-6-4-14(5-7-15)19(20)21/h4-7H,8-13H2,1-3H3. The minimum Gasteiger partial charge on any atom is -0.492 e. The summed E-state index contributed by atoms with van der Waals surface area (Å²) in [6, 6.07) is 6.24. The maximum atomic E-state index is 10.6. The van der Waals surface area contributed by atoms with E-state index in [9.17, 15) is 10.1 Å². The highest BCUT2D eigenvalue weighted by atomic mass is 16.6. The zero-order valence-electron chi connectivity index (χ0n) is 13.6. The molecule has 6 heteroatoms. The van der Waals surface area contributed by atoms with E-state index >= 15 is 0 Å². The normalized spacial score (nSPS) is 17.4. The SMILES string of the molecule is CC(C)(C)N1CCN(CCOc2ccc([N+](=O)[O-])cc2)CC1. The highest BCUT2D eigenvalue weighted by Gasteiger charge is 2.25. The number of nitro benzene ring substituents is 1. The van der Waals surface area contributed by atoms with E-state index in [0.29, 0.717) is 12.4 Å². The Morgan fingerprint density at radius 1 is 1.14 bits per heavy atom. The third-order valence-electron chi connectivity index (χ3n) is 4.04. The first-order valence-corrected chi connectivity index (χ1v) is 7.71. The number of piperazine rings is 1. The van der Waals surface area contributed by atoms with E-state index in [1.807, 2.05) is 0 Å². The first kappa shape index (κ1) is 16.7. The second-order valence-electron chi connectivity index (χ2n) is 6.60. The molecule has 0 aromatic heterocycles. The third kappa shape index (κ3) is 4.68. The average molecular weight is 307 g/mol. The van der Waals surface area contributed by atoms with Crippen LogP contribution >= 0.6 is 0 Å². The lowest BCUT2D eigenvalue weighted by atomic mass is 10.1. The van der Waals surface area contributed by atoms with Gasteiger partial charge < -0.3 is 4.74 Å². The molecule has 1 heterocycles. The van der Waals surface area contributed by atoms with Crippen molar-refractivity contribution in [2.75, 3.05) is 39.3 Å². The molecule has 0 atom stereocenters. The molecular weight excluding hydrogens is 282 g/mol. The van der Waals surface area contributed by atoms with Gasteiger partial charge in [-0.1, -0.05) is 0 Å². The highest BCUT2D eigenvalue weighted by molar-refractivity contribution is 5.35. The second-order valence-corrected chi connectivity index (χ2v) is 6.60. The molecule has 0 unspecified atom stereocenters. The highest BCUT2D eigenvalue weighted by Crippen LogP contribution is 2.18. The number of hydrogen-bond acceptors (Lipinski definition) is 5.